The van der Waals surface area contributed by atoms with Crippen LogP contribution in [0.1, 0.15) is 17.3 Å². The van der Waals surface area contributed by atoms with Crippen LogP contribution in [-0.4, -0.2) is 15.9 Å². The predicted octanol–water partition coefficient (Wildman–Crippen LogP) is 2.08. The molecule has 0 bridgehead atoms. The highest BCUT2D eigenvalue weighted by Crippen LogP contribution is 2.13. The number of amides is 1. The molecule has 6 heteroatoms. The Hall–Kier alpha value is -1.98. The van der Waals surface area contributed by atoms with Gasteiger partial charge in [-0.15, -0.1) is 0 Å². The van der Waals surface area contributed by atoms with Crippen LogP contribution in [0.2, 0.25) is 5.15 Å². The summed E-state index contributed by atoms with van der Waals surface area (Å²) in [5.41, 5.74) is 7.25. The fourth-order valence-corrected chi connectivity index (χ4v) is 1.82. The largest absolute Gasteiger partial charge is 0.316 e. The van der Waals surface area contributed by atoms with E-state index in [1.807, 2.05) is 18.2 Å². The van der Waals surface area contributed by atoms with Crippen molar-refractivity contribution in [3.63, 3.8) is 0 Å². The van der Waals surface area contributed by atoms with E-state index in [4.69, 9.17) is 17.3 Å². The number of aromatic nitrogens is 2. The van der Waals surface area contributed by atoms with Crippen molar-refractivity contribution in [3.05, 3.63) is 52.8 Å². The van der Waals surface area contributed by atoms with Crippen LogP contribution in [0.4, 0.5) is 5.95 Å². The van der Waals surface area contributed by atoms with Gasteiger partial charge in [0.15, 0.2) is 0 Å². The molecule has 5 nitrogen and oxygen atoms in total. The molecule has 98 valence electrons. The Morgan fingerprint density at radius 3 is 2.63 bits per heavy atom. The molecule has 19 heavy (non-hydrogen) atoms. The first kappa shape index (κ1) is 13.5. The first-order valence-corrected chi connectivity index (χ1v) is 6.06. The average molecular weight is 277 g/mol. The van der Waals surface area contributed by atoms with Gasteiger partial charge in [-0.1, -0.05) is 41.9 Å². The minimum atomic E-state index is -0.774. The van der Waals surface area contributed by atoms with Gasteiger partial charge in [0, 0.05) is 5.69 Å². The molecule has 1 aromatic heterocycles. The number of anilines is 1. The second-order valence-corrected chi connectivity index (χ2v) is 4.42. The first-order chi connectivity index (χ1) is 9.06. The van der Waals surface area contributed by atoms with Crippen LogP contribution < -0.4 is 11.1 Å². The zero-order valence-electron chi connectivity index (χ0n) is 10.3. The number of nitrogens with zero attached hydrogens (tertiary/aromatic N) is 2. The molecule has 1 amide bonds. The Kier molecular flexibility index (Phi) is 4.09. The van der Waals surface area contributed by atoms with Gasteiger partial charge in [-0.3, -0.25) is 10.1 Å². The molecule has 0 saturated heterocycles. The maximum Gasteiger partial charge on any atom is 0.248 e. The molecular formula is C13H13ClN4O. The van der Waals surface area contributed by atoms with Crippen LogP contribution in [0.15, 0.2) is 36.4 Å². The third kappa shape index (κ3) is 3.49. The second-order valence-electron chi connectivity index (χ2n) is 4.03. The number of carbonyl (C=O) groups excluding carboxylic acids is 1. The van der Waals surface area contributed by atoms with E-state index >= 15 is 0 Å². The normalized spacial score (nSPS) is 11.9. The minimum Gasteiger partial charge on any atom is -0.316 e. The van der Waals surface area contributed by atoms with Crippen LogP contribution in [-0.2, 0) is 4.79 Å². The van der Waals surface area contributed by atoms with Crippen LogP contribution in [0, 0.1) is 6.92 Å². The van der Waals surface area contributed by atoms with E-state index in [1.54, 1.807) is 25.1 Å². The molecular weight excluding hydrogens is 264 g/mol. The number of rotatable bonds is 3. The van der Waals surface area contributed by atoms with E-state index in [9.17, 15) is 4.79 Å². The molecule has 0 spiro atoms. The molecule has 0 saturated carbocycles. The topological polar surface area (TPSA) is 80.9 Å². The lowest BCUT2D eigenvalue weighted by Gasteiger charge is -2.11. The summed E-state index contributed by atoms with van der Waals surface area (Å²) >= 11 is 5.80. The van der Waals surface area contributed by atoms with Crippen molar-refractivity contribution in [2.45, 2.75) is 13.0 Å². The lowest BCUT2D eigenvalue weighted by molar-refractivity contribution is -0.117. The van der Waals surface area contributed by atoms with E-state index in [0.717, 1.165) is 5.56 Å². The maximum atomic E-state index is 12.0. The SMILES string of the molecule is Cc1cc(Cl)nc(NC(=O)[C@H](N)c2ccccc2)n1. The summed E-state index contributed by atoms with van der Waals surface area (Å²) in [6.45, 7) is 1.76. The zero-order chi connectivity index (χ0) is 13.8. The highest BCUT2D eigenvalue weighted by molar-refractivity contribution is 6.29. The number of hydrogen-bond donors (Lipinski definition) is 2. The number of nitrogens with one attached hydrogen (secondary N) is 1. The van der Waals surface area contributed by atoms with E-state index in [1.165, 1.54) is 0 Å². The fraction of sp³-hybridized carbons (Fsp3) is 0.154. The number of carbonyl (C=O) groups is 1. The molecule has 0 aliphatic rings. The molecule has 2 aromatic rings. The van der Waals surface area contributed by atoms with Crippen molar-refractivity contribution in [2.75, 3.05) is 5.32 Å². The fourth-order valence-electron chi connectivity index (χ4n) is 1.59. The van der Waals surface area contributed by atoms with Crippen LogP contribution in [0.3, 0.4) is 0 Å². The molecule has 1 atom stereocenters. The van der Waals surface area contributed by atoms with Crippen molar-refractivity contribution in [2.24, 2.45) is 5.73 Å². The molecule has 0 aliphatic carbocycles. The second kappa shape index (κ2) is 5.77. The summed E-state index contributed by atoms with van der Waals surface area (Å²) < 4.78 is 0. The molecule has 3 N–H and O–H groups in total. The lowest BCUT2D eigenvalue weighted by atomic mass is 10.1. The Morgan fingerprint density at radius 1 is 1.32 bits per heavy atom. The molecule has 1 heterocycles. The summed E-state index contributed by atoms with van der Waals surface area (Å²) in [5.74, 6) is -0.228. The molecule has 0 fully saturated rings. The van der Waals surface area contributed by atoms with E-state index in [-0.39, 0.29) is 17.0 Å². The number of hydrogen-bond acceptors (Lipinski definition) is 4. The quantitative estimate of drug-likeness (QED) is 0.841. The van der Waals surface area contributed by atoms with Crippen molar-refractivity contribution < 1.29 is 4.79 Å². The minimum absolute atomic E-state index is 0.154. The average Bonchev–Trinajstić information content (AvgIpc) is 2.37. The molecule has 1 aromatic carbocycles. The third-order valence-electron chi connectivity index (χ3n) is 2.50. The summed E-state index contributed by atoms with van der Waals surface area (Å²) in [6, 6.07) is 9.91. The Morgan fingerprint density at radius 2 is 2.00 bits per heavy atom. The Balaban J connectivity index is 2.13. The summed E-state index contributed by atoms with van der Waals surface area (Å²) in [6.07, 6.45) is 0. The van der Waals surface area contributed by atoms with Gasteiger partial charge in [0.05, 0.1) is 0 Å². The standard InChI is InChI=1S/C13H13ClN4O/c1-8-7-10(14)17-13(16-8)18-12(19)11(15)9-5-3-2-4-6-9/h2-7,11H,15H2,1H3,(H,16,17,18,19)/t11-/m1/s1. The van der Waals surface area contributed by atoms with Gasteiger partial charge in [-0.2, -0.15) is 0 Å². The van der Waals surface area contributed by atoms with E-state index < -0.39 is 6.04 Å². The number of aryl methyl sites for hydroxylation is 1. The van der Waals surface area contributed by atoms with E-state index in [0.29, 0.717) is 5.69 Å². The predicted molar refractivity (Wildman–Crippen MR) is 73.8 cm³/mol. The van der Waals surface area contributed by atoms with Crippen LogP contribution in [0.5, 0.6) is 0 Å². The van der Waals surface area contributed by atoms with Gasteiger partial charge in [0.2, 0.25) is 11.9 Å². The van der Waals surface area contributed by atoms with Gasteiger partial charge in [-0.05, 0) is 18.6 Å². The Bertz CT molecular complexity index is 568. The summed E-state index contributed by atoms with van der Waals surface area (Å²) in [4.78, 5) is 20.0. The van der Waals surface area contributed by atoms with Crippen LogP contribution in [0.25, 0.3) is 0 Å². The van der Waals surface area contributed by atoms with Gasteiger partial charge < -0.3 is 5.73 Å². The van der Waals surface area contributed by atoms with Gasteiger partial charge in [-0.25, -0.2) is 9.97 Å². The number of nitrogens with two attached hydrogens (primary N) is 1. The van der Waals surface area contributed by atoms with Crippen molar-refractivity contribution in [1.29, 1.82) is 0 Å². The van der Waals surface area contributed by atoms with Gasteiger partial charge >= 0.3 is 0 Å². The monoisotopic (exact) mass is 276 g/mol. The zero-order valence-corrected chi connectivity index (χ0v) is 11.1. The molecule has 0 unspecified atom stereocenters. The lowest BCUT2D eigenvalue weighted by Crippen LogP contribution is -2.28. The highest BCUT2D eigenvalue weighted by Gasteiger charge is 2.16. The van der Waals surface area contributed by atoms with E-state index in [2.05, 4.69) is 15.3 Å². The summed E-state index contributed by atoms with van der Waals surface area (Å²) in [5, 5.41) is 2.83. The van der Waals surface area contributed by atoms with Gasteiger partial charge in [0.25, 0.3) is 0 Å². The van der Waals surface area contributed by atoms with Crippen molar-refractivity contribution >= 4 is 23.5 Å². The highest BCUT2D eigenvalue weighted by atomic mass is 35.5. The molecule has 0 aliphatic heterocycles. The smallest absolute Gasteiger partial charge is 0.248 e. The van der Waals surface area contributed by atoms with Gasteiger partial charge in [0.1, 0.15) is 11.2 Å². The third-order valence-corrected chi connectivity index (χ3v) is 2.69. The summed E-state index contributed by atoms with van der Waals surface area (Å²) in [7, 11) is 0. The van der Waals surface area contributed by atoms with Crippen molar-refractivity contribution in [3.8, 4) is 0 Å². The number of halogens is 1. The molecule has 2 rings (SSSR count). The van der Waals surface area contributed by atoms with Crippen molar-refractivity contribution in [1.82, 2.24) is 9.97 Å². The first-order valence-electron chi connectivity index (χ1n) is 5.69. The maximum absolute atomic E-state index is 12.0. The molecule has 0 radical (unpaired) electrons. The van der Waals surface area contributed by atoms with Crippen LogP contribution >= 0.6 is 11.6 Å². The number of benzene rings is 1. The Labute approximate surface area is 115 Å².